The molecule has 0 aliphatic rings. The molecule has 7 heteroatoms. The molecule has 1 aromatic heterocycles. The summed E-state index contributed by atoms with van der Waals surface area (Å²) in [5.41, 5.74) is 6.21. The number of benzene rings is 4. The van der Waals surface area contributed by atoms with Crippen LogP contribution in [-0.4, -0.2) is 24.1 Å². The molecule has 0 spiro atoms. The highest BCUT2D eigenvalue weighted by Crippen LogP contribution is 2.36. The zero-order valence-corrected chi connectivity index (χ0v) is 20.7. The minimum absolute atomic E-state index is 0.0541. The van der Waals surface area contributed by atoms with Crippen molar-refractivity contribution in [2.45, 2.75) is 6.61 Å². The molecule has 0 atom stereocenters. The smallest absolute Gasteiger partial charge is 0.433 e. The number of hydrazine groups is 1. The summed E-state index contributed by atoms with van der Waals surface area (Å²) in [7, 11) is 1.50. The van der Waals surface area contributed by atoms with Gasteiger partial charge in [-0.15, -0.1) is 0 Å². The van der Waals surface area contributed by atoms with Gasteiger partial charge in [0.15, 0.2) is 5.75 Å². The Labute approximate surface area is 220 Å². The van der Waals surface area contributed by atoms with E-state index in [9.17, 15) is 9.59 Å². The van der Waals surface area contributed by atoms with Gasteiger partial charge in [-0.1, -0.05) is 97.1 Å². The Bertz CT molecular complexity index is 1560. The zero-order valence-electron chi connectivity index (χ0n) is 20.7. The summed E-state index contributed by atoms with van der Waals surface area (Å²) in [5, 5.41) is 1.69. The van der Waals surface area contributed by atoms with Crippen LogP contribution in [0.3, 0.4) is 0 Å². The number of hydrogen-bond acceptors (Lipinski definition) is 5. The molecule has 0 radical (unpaired) electrons. The minimum atomic E-state index is -0.728. The van der Waals surface area contributed by atoms with Crippen molar-refractivity contribution in [1.29, 1.82) is 0 Å². The van der Waals surface area contributed by atoms with Gasteiger partial charge < -0.3 is 9.47 Å². The summed E-state index contributed by atoms with van der Waals surface area (Å²) in [6.07, 6.45) is -0.728. The van der Waals surface area contributed by atoms with Gasteiger partial charge in [-0.2, -0.15) is 5.01 Å². The molecule has 2 amide bonds. The highest BCUT2D eigenvalue weighted by atomic mass is 16.6. The van der Waals surface area contributed by atoms with Crippen molar-refractivity contribution in [2.75, 3.05) is 12.1 Å². The molecule has 1 heterocycles. The molecule has 0 saturated heterocycles. The highest BCUT2D eigenvalue weighted by Gasteiger charge is 2.27. The number of aromatic nitrogens is 1. The molecule has 7 nitrogen and oxygen atoms in total. The van der Waals surface area contributed by atoms with E-state index in [-0.39, 0.29) is 12.2 Å². The summed E-state index contributed by atoms with van der Waals surface area (Å²) in [4.78, 5) is 31.9. The van der Waals surface area contributed by atoms with Gasteiger partial charge in [0.1, 0.15) is 12.3 Å². The number of amides is 2. The van der Waals surface area contributed by atoms with E-state index in [1.165, 1.54) is 7.11 Å². The molecule has 0 bridgehead atoms. The van der Waals surface area contributed by atoms with Crippen molar-refractivity contribution >= 4 is 28.6 Å². The van der Waals surface area contributed by atoms with Crippen molar-refractivity contribution in [3.8, 4) is 17.0 Å². The van der Waals surface area contributed by atoms with Crippen molar-refractivity contribution in [3.05, 3.63) is 126 Å². The minimum Gasteiger partial charge on any atom is -0.494 e. The molecule has 0 unspecified atom stereocenters. The molecule has 4 aromatic carbocycles. The SMILES string of the molecule is COc1c(-c2ccccc2)nc2ccccc2c1C(=O)NN(C(=O)OCc1ccccc1)c1ccccc1. The number of carbonyl (C=O) groups excluding carboxylic acids is 2. The summed E-state index contributed by atoms with van der Waals surface area (Å²) in [6.45, 7) is 0.0541. The van der Waals surface area contributed by atoms with Crippen LogP contribution in [0.15, 0.2) is 115 Å². The summed E-state index contributed by atoms with van der Waals surface area (Å²) >= 11 is 0. The molecule has 0 aliphatic carbocycles. The molecule has 38 heavy (non-hydrogen) atoms. The topological polar surface area (TPSA) is 80.8 Å². The second kappa shape index (κ2) is 11.3. The van der Waals surface area contributed by atoms with Crippen LogP contribution in [0, 0.1) is 0 Å². The van der Waals surface area contributed by atoms with E-state index >= 15 is 0 Å². The van der Waals surface area contributed by atoms with E-state index in [1.807, 2.05) is 84.9 Å². The summed E-state index contributed by atoms with van der Waals surface area (Å²) < 4.78 is 11.3. The second-order valence-electron chi connectivity index (χ2n) is 8.40. The lowest BCUT2D eigenvalue weighted by Crippen LogP contribution is -2.47. The maximum absolute atomic E-state index is 13.9. The second-order valence-corrected chi connectivity index (χ2v) is 8.40. The number of nitrogens with zero attached hydrogens (tertiary/aromatic N) is 2. The monoisotopic (exact) mass is 503 g/mol. The average Bonchev–Trinajstić information content (AvgIpc) is 2.99. The van der Waals surface area contributed by atoms with E-state index in [2.05, 4.69) is 5.43 Å². The van der Waals surface area contributed by atoms with Crippen molar-refractivity contribution in [3.63, 3.8) is 0 Å². The fourth-order valence-corrected chi connectivity index (χ4v) is 4.14. The van der Waals surface area contributed by atoms with Gasteiger partial charge in [0, 0.05) is 10.9 Å². The highest BCUT2D eigenvalue weighted by molar-refractivity contribution is 6.12. The molecular weight excluding hydrogens is 478 g/mol. The number of anilines is 1. The van der Waals surface area contributed by atoms with Crippen LogP contribution in [0.4, 0.5) is 10.5 Å². The maximum atomic E-state index is 13.9. The van der Waals surface area contributed by atoms with Crippen molar-refractivity contribution in [1.82, 2.24) is 10.4 Å². The summed E-state index contributed by atoms with van der Waals surface area (Å²) in [5.74, 6) is -0.240. The van der Waals surface area contributed by atoms with Crippen LogP contribution in [-0.2, 0) is 11.3 Å². The number of hydrogen-bond donors (Lipinski definition) is 1. The number of ether oxygens (including phenoxy) is 2. The van der Waals surface area contributed by atoms with Crippen LogP contribution >= 0.6 is 0 Å². The largest absolute Gasteiger partial charge is 0.494 e. The Morgan fingerprint density at radius 2 is 1.39 bits per heavy atom. The predicted molar refractivity (Wildman–Crippen MR) is 147 cm³/mol. The standard InChI is InChI=1S/C31H25N3O4/c1-37-29-27(25-19-11-12-20-26(25)32-28(29)23-15-7-3-8-16-23)30(35)33-34(24-17-9-4-10-18-24)31(36)38-21-22-13-5-2-6-14-22/h2-20H,21H2,1H3,(H,33,35). The Kier molecular flexibility index (Phi) is 7.27. The van der Waals surface area contributed by atoms with Crippen LogP contribution in [0.5, 0.6) is 5.75 Å². The lowest BCUT2D eigenvalue weighted by Gasteiger charge is -2.24. The van der Waals surface area contributed by atoms with Crippen LogP contribution in [0.1, 0.15) is 15.9 Å². The Hall–Kier alpha value is -5.17. The van der Waals surface area contributed by atoms with Gasteiger partial charge in [-0.05, 0) is 23.8 Å². The molecule has 1 N–H and O–H groups in total. The van der Waals surface area contributed by atoms with Crippen molar-refractivity contribution < 1.29 is 19.1 Å². The molecule has 5 aromatic rings. The fraction of sp³-hybridized carbons (Fsp3) is 0.0645. The molecule has 0 fully saturated rings. The molecule has 0 aliphatic heterocycles. The lowest BCUT2D eigenvalue weighted by atomic mass is 10.0. The average molecular weight is 504 g/mol. The van der Waals surface area contributed by atoms with E-state index in [4.69, 9.17) is 14.5 Å². The predicted octanol–water partition coefficient (Wildman–Crippen LogP) is 6.40. The first-order chi connectivity index (χ1) is 18.7. The lowest BCUT2D eigenvalue weighted by molar-refractivity contribution is 0.0931. The third kappa shape index (κ3) is 5.17. The van der Waals surface area contributed by atoms with Crippen LogP contribution < -0.4 is 15.2 Å². The first-order valence-corrected chi connectivity index (χ1v) is 12.0. The molecule has 188 valence electrons. The number of fused-ring (bicyclic) bond motifs is 1. The molecule has 5 rings (SSSR count). The van der Waals surface area contributed by atoms with Gasteiger partial charge in [0.25, 0.3) is 5.91 Å². The first kappa shape index (κ1) is 24.5. The van der Waals surface area contributed by atoms with Gasteiger partial charge in [0.2, 0.25) is 0 Å². The van der Waals surface area contributed by atoms with Gasteiger partial charge in [-0.3, -0.25) is 10.2 Å². The van der Waals surface area contributed by atoms with E-state index < -0.39 is 12.0 Å². The number of nitrogens with one attached hydrogen (secondary N) is 1. The Balaban J connectivity index is 1.54. The van der Waals surface area contributed by atoms with Crippen molar-refractivity contribution in [2.24, 2.45) is 0 Å². The summed E-state index contributed by atoms with van der Waals surface area (Å²) in [6, 6.07) is 34.9. The van der Waals surface area contributed by atoms with E-state index in [0.29, 0.717) is 28.0 Å². The number of carbonyl (C=O) groups is 2. The van der Waals surface area contributed by atoms with Crippen LogP contribution in [0.2, 0.25) is 0 Å². The number of pyridine rings is 1. The van der Waals surface area contributed by atoms with E-state index in [0.717, 1.165) is 16.1 Å². The van der Waals surface area contributed by atoms with E-state index in [1.54, 1.807) is 30.3 Å². The molecule has 0 saturated carbocycles. The number of rotatable bonds is 6. The quantitative estimate of drug-likeness (QED) is 0.271. The Morgan fingerprint density at radius 1 is 0.789 bits per heavy atom. The third-order valence-corrected chi connectivity index (χ3v) is 5.94. The Morgan fingerprint density at radius 3 is 2.08 bits per heavy atom. The number of para-hydroxylation sites is 2. The maximum Gasteiger partial charge on any atom is 0.433 e. The van der Waals surface area contributed by atoms with Gasteiger partial charge in [-0.25, -0.2) is 9.78 Å². The third-order valence-electron chi connectivity index (χ3n) is 5.94. The molecular formula is C31H25N3O4. The normalized spacial score (nSPS) is 10.6. The zero-order chi connectivity index (χ0) is 26.3. The van der Waals surface area contributed by atoms with Gasteiger partial charge >= 0.3 is 6.09 Å². The first-order valence-electron chi connectivity index (χ1n) is 12.0. The fourth-order valence-electron chi connectivity index (χ4n) is 4.14. The van der Waals surface area contributed by atoms with Crippen LogP contribution in [0.25, 0.3) is 22.2 Å². The number of methoxy groups -OCH3 is 1. The van der Waals surface area contributed by atoms with Gasteiger partial charge in [0.05, 0.1) is 23.9 Å².